The summed E-state index contributed by atoms with van der Waals surface area (Å²) < 4.78 is 19.6. The van der Waals surface area contributed by atoms with Crippen molar-refractivity contribution in [2.24, 2.45) is 0 Å². The molecular formula is C16H20ClFN2O4. The number of anilines is 1. The van der Waals surface area contributed by atoms with Crippen molar-refractivity contribution in [2.45, 2.75) is 26.4 Å². The first-order chi connectivity index (χ1) is 11.1. The van der Waals surface area contributed by atoms with Crippen molar-refractivity contribution in [3.63, 3.8) is 0 Å². The molecule has 1 amide bonds. The number of benzene rings is 1. The highest BCUT2D eigenvalue weighted by atomic mass is 35.5. The van der Waals surface area contributed by atoms with Crippen LogP contribution < -0.4 is 4.90 Å². The van der Waals surface area contributed by atoms with Crippen molar-refractivity contribution in [1.29, 1.82) is 0 Å². The zero-order valence-corrected chi connectivity index (χ0v) is 14.6. The minimum absolute atomic E-state index is 0.0399. The molecule has 8 heteroatoms. The van der Waals surface area contributed by atoms with Crippen LogP contribution in [0.15, 0.2) is 12.1 Å². The number of carbonyl (C=O) groups is 2. The number of piperazine rings is 1. The van der Waals surface area contributed by atoms with Gasteiger partial charge in [0.05, 0.1) is 16.3 Å². The number of nitrogens with zero attached hydrogens (tertiary/aromatic N) is 2. The Morgan fingerprint density at radius 3 is 2.25 bits per heavy atom. The average Bonchev–Trinajstić information content (AvgIpc) is 2.45. The van der Waals surface area contributed by atoms with Gasteiger partial charge in [-0.05, 0) is 32.9 Å². The van der Waals surface area contributed by atoms with E-state index in [0.29, 0.717) is 26.2 Å². The second kappa shape index (κ2) is 6.84. The number of amides is 1. The minimum Gasteiger partial charge on any atom is -0.478 e. The number of carbonyl (C=O) groups excluding carboxylic acids is 1. The highest BCUT2D eigenvalue weighted by Gasteiger charge is 2.28. The van der Waals surface area contributed by atoms with Crippen LogP contribution in [0.1, 0.15) is 31.1 Å². The summed E-state index contributed by atoms with van der Waals surface area (Å²) in [5.41, 5.74) is -0.616. The van der Waals surface area contributed by atoms with E-state index in [0.717, 1.165) is 6.07 Å². The lowest BCUT2D eigenvalue weighted by molar-refractivity contribution is 0.0240. The Kier molecular flexibility index (Phi) is 5.22. The lowest BCUT2D eigenvalue weighted by Crippen LogP contribution is -2.50. The molecule has 1 fully saturated rings. The predicted octanol–water partition coefficient (Wildman–Crippen LogP) is 3.23. The molecule has 1 heterocycles. The van der Waals surface area contributed by atoms with Gasteiger partial charge >= 0.3 is 12.1 Å². The van der Waals surface area contributed by atoms with E-state index >= 15 is 0 Å². The normalized spacial score (nSPS) is 15.4. The zero-order valence-electron chi connectivity index (χ0n) is 13.8. The average molecular weight is 359 g/mol. The molecule has 24 heavy (non-hydrogen) atoms. The molecule has 0 radical (unpaired) electrons. The van der Waals surface area contributed by atoms with Crippen molar-refractivity contribution in [3.8, 4) is 0 Å². The molecule has 0 spiro atoms. The summed E-state index contributed by atoms with van der Waals surface area (Å²) in [4.78, 5) is 26.2. The number of hydrogen-bond donors (Lipinski definition) is 1. The largest absolute Gasteiger partial charge is 0.478 e. The van der Waals surface area contributed by atoms with Crippen LogP contribution >= 0.6 is 11.6 Å². The lowest BCUT2D eigenvalue weighted by Gasteiger charge is -2.37. The summed E-state index contributed by atoms with van der Waals surface area (Å²) in [5, 5.41) is 8.97. The van der Waals surface area contributed by atoms with Crippen LogP contribution in [-0.4, -0.2) is 53.8 Å². The topological polar surface area (TPSA) is 70.1 Å². The van der Waals surface area contributed by atoms with Gasteiger partial charge in [-0.3, -0.25) is 0 Å². The van der Waals surface area contributed by atoms with E-state index in [9.17, 15) is 14.0 Å². The van der Waals surface area contributed by atoms with Crippen LogP contribution in [0.3, 0.4) is 0 Å². The Morgan fingerprint density at radius 2 is 1.79 bits per heavy atom. The zero-order chi connectivity index (χ0) is 18.1. The molecule has 0 aromatic heterocycles. The van der Waals surface area contributed by atoms with Gasteiger partial charge in [0.25, 0.3) is 0 Å². The molecule has 0 atom stereocenters. The van der Waals surface area contributed by atoms with Gasteiger partial charge in [0.15, 0.2) is 0 Å². The number of ether oxygens (including phenoxy) is 1. The van der Waals surface area contributed by atoms with Crippen LogP contribution in [0.4, 0.5) is 14.9 Å². The first kappa shape index (κ1) is 18.3. The lowest BCUT2D eigenvalue weighted by atomic mass is 10.1. The van der Waals surface area contributed by atoms with E-state index in [1.165, 1.54) is 6.07 Å². The highest BCUT2D eigenvalue weighted by molar-refractivity contribution is 6.33. The van der Waals surface area contributed by atoms with E-state index in [-0.39, 0.29) is 16.3 Å². The second-order valence-electron chi connectivity index (χ2n) is 6.55. The van der Waals surface area contributed by atoms with Crippen LogP contribution in [0.5, 0.6) is 0 Å². The standard InChI is InChI=1S/C16H20ClFN2O4/c1-16(2,3)24-15(23)20-6-4-19(5-7-20)13-11(17)8-10(14(21)22)9-12(13)18/h8-9H,4-7H2,1-3H3,(H,21,22). The summed E-state index contributed by atoms with van der Waals surface area (Å²) in [6.07, 6.45) is -0.407. The quantitative estimate of drug-likeness (QED) is 0.878. The number of rotatable bonds is 2. The Balaban J connectivity index is 2.07. The van der Waals surface area contributed by atoms with Crippen LogP contribution in [0, 0.1) is 5.82 Å². The molecular weight excluding hydrogens is 339 g/mol. The molecule has 1 aromatic carbocycles. The monoisotopic (exact) mass is 358 g/mol. The number of carboxylic acid groups (broad SMARTS) is 1. The Hall–Kier alpha value is -2.02. The van der Waals surface area contributed by atoms with Crippen molar-refractivity contribution in [3.05, 3.63) is 28.5 Å². The molecule has 1 aromatic rings. The molecule has 2 rings (SSSR count). The van der Waals surface area contributed by atoms with E-state index in [2.05, 4.69) is 0 Å². The molecule has 0 bridgehead atoms. The molecule has 132 valence electrons. The summed E-state index contributed by atoms with van der Waals surface area (Å²) in [7, 11) is 0. The summed E-state index contributed by atoms with van der Waals surface area (Å²) in [6.45, 7) is 6.86. The number of hydrogen-bond acceptors (Lipinski definition) is 4. The number of aromatic carboxylic acids is 1. The summed E-state index contributed by atoms with van der Waals surface area (Å²) in [5.74, 6) is -1.93. The fourth-order valence-corrected chi connectivity index (χ4v) is 2.76. The highest BCUT2D eigenvalue weighted by Crippen LogP contribution is 2.31. The molecule has 0 saturated carbocycles. The molecule has 6 nitrogen and oxygen atoms in total. The van der Waals surface area contributed by atoms with E-state index < -0.39 is 23.5 Å². The van der Waals surface area contributed by atoms with Crippen LogP contribution in [0.25, 0.3) is 0 Å². The second-order valence-corrected chi connectivity index (χ2v) is 6.96. The van der Waals surface area contributed by atoms with Gasteiger partial charge in [0.2, 0.25) is 0 Å². The fraction of sp³-hybridized carbons (Fsp3) is 0.500. The maximum absolute atomic E-state index is 14.2. The third-order valence-corrected chi connectivity index (χ3v) is 3.80. The van der Waals surface area contributed by atoms with Gasteiger partial charge in [-0.15, -0.1) is 0 Å². The van der Waals surface area contributed by atoms with Crippen molar-refractivity contribution in [1.82, 2.24) is 4.90 Å². The van der Waals surface area contributed by atoms with Gasteiger partial charge in [-0.1, -0.05) is 11.6 Å². The van der Waals surface area contributed by atoms with Gasteiger partial charge < -0.3 is 19.6 Å². The fourth-order valence-electron chi connectivity index (χ4n) is 2.43. The van der Waals surface area contributed by atoms with Crippen molar-refractivity contribution >= 4 is 29.4 Å². The smallest absolute Gasteiger partial charge is 0.410 e. The third kappa shape index (κ3) is 4.29. The SMILES string of the molecule is CC(C)(C)OC(=O)N1CCN(c2c(F)cc(C(=O)O)cc2Cl)CC1. The summed E-state index contributed by atoms with van der Waals surface area (Å²) in [6, 6.07) is 2.17. The summed E-state index contributed by atoms with van der Waals surface area (Å²) >= 11 is 6.05. The molecule has 1 N–H and O–H groups in total. The Morgan fingerprint density at radius 1 is 1.21 bits per heavy atom. The first-order valence-corrected chi connectivity index (χ1v) is 7.91. The minimum atomic E-state index is -1.24. The van der Waals surface area contributed by atoms with E-state index in [1.54, 1.807) is 30.6 Å². The number of carboxylic acids is 1. The third-order valence-electron chi connectivity index (χ3n) is 3.51. The van der Waals surface area contributed by atoms with E-state index in [4.69, 9.17) is 21.4 Å². The maximum Gasteiger partial charge on any atom is 0.410 e. The van der Waals surface area contributed by atoms with Gasteiger partial charge in [0, 0.05) is 26.2 Å². The molecule has 1 aliphatic heterocycles. The predicted molar refractivity (Wildman–Crippen MR) is 88.4 cm³/mol. The van der Waals surface area contributed by atoms with Gasteiger partial charge in [-0.25, -0.2) is 14.0 Å². The van der Waals surface area contributed by atoms with Crippen LogP contribution in [0.2, 0.25) is 5.02 Å². The molecule has 0 unspecified atom stereocenters. The Labute approximate surface area is 144 Å². The Bertz CT molecular complexity index is 629. The van der Waals surface area contributed by atoms with Crippen molar-refractivity contribution < 1.29 is 23.8 Å². The number of halogens is 2. The van der Waals surface area contributed by atoms with Gasteiger partial charge in [0.1, 0.15) is 11.4 Å². The molecule has 1 saturated heterocycles. The van der Waals surface area contributed by atoms with Gasteiger partial charge in [-0.2, -0.15) is 0 Å². The van der Waals surface area contributed by atoms with E-state index in [1.807, 2.05) is 0 Å². The van der Waals surface area contributed by atoms with Crippen molar-refractivity contribution in [2.75, 3.05) is 31.1 Å². The molecule has 1 aliphatic rings. The maximum atomic E-state index is 14.2. The van der Waals surface area contributed by atoms with Crippen LogP contribution in [-0.2, 0) is 4.74 Å². The first-order valence-electron chi connectivity index (χ1n) is 7.53. The molecule has 0 aliphatic carbocycles.